The number of rotatable bonds is 7. The maximum atomic E-state index is 12.4. The molecule has 2 saturated heterocycles. The zero-order chi connectivity index (χ0) is 21.5. The molecule has 4 nitrogen and oxygen atoms in total. The van der Waals surface area contributed by atoms with E-state index in [1.807, 2.05) is 24.3 Å². The highest BCUT2D eigenvalue weighted by Crippen LogP contribution is 2.28. The zero-order valence-electron chi connectivity index (χ0n) is 18.3. The molecule has 0 spiro atoms. The number of para-hydroxylation sites is 1. The first-order valence-corrected chi connectivity index (χ1v) is 12.1. The van der Waals surface area contributed by atoms with Gasteiger partial charge in [0.25, 0.3) is 0 Å². The van der Waals surface area contributed by atoms with Crippen LogP contribution in [0.4, 0.5) is 5.69 Å². The van der Waals surface area contributed by atoms with Crippen molar-refractivity contribution in [2.45, 2.75) is 51.1 Å². The van der Waals surface area contributed by atoms with E-state index in [1.165, 1.54) is 37.9 Å². The van der Waals surface area contributed by atoms with Gasteiger partial charge >= 0.3 is 0 Å². The largest absolute Gasteiger partial charge is 0.371 e. The van der Waals surface area contributed by atoms with Gasteiger partial charge in [0.1, 0.15) is 0 Å². The maximum absolute atomic E-state index is 12.4. The molecule has 1 amide bonds. The van der Waals surface area contributed by atoms with Gasteiger partial charge in [-0.15, -0.1) is 0 Å². The van der Waals surface area contributed by atoms with Gasteiger partial charge in [-0.05, 0) is 68.3 Å². The summed E-state index contributed by atoms with van der Waals surface area (Å²) >= 11 is 6.18. The molecule has 2 aliphatic rings. The summed E-state index contributed by atoms with van der Waals surface area (Å²) in [6.45, 7) is 5.15. The predicted octanol–water partition coefficient (Wildman–Crippen LogP) is 5.12. The number of amides is 1. The highest BCUT2D eigenvalue weighted by molar-refractivity contribution is 6.31. The molecule has 0 radical (unpaired) electrons. The molecule has 5 heteroatoms. The number of nitrogens with one attached hydrogen (secondary N) is 1. The van der Waals surface area contributed by atoms with Crippen LogP contribution in [0.15, 0.2) is 54.6 Å². The molecule has 2 aromatic rings. The Labute approximate surface area is 191 Å². The first-order valence-electron chi connectivity index (χ1n) is 11.7. The molecular formula is C26H34ClN3O. The molecule has 0 aliphatic carbocycles. The van der Waals surface area contributed by atoms with Crippen molar-refractivity contribution in [3.8, 4) is 0 Å². The van der Waals surface area contributed by atoms with Gasteiger partial charge in [0, 0.05) is 49.4 Å². The van der Waals surface area contributed by atoms with Crippen molar-refractivity contribution in [3.63, 3.8) is 0 Å². The summed E-state index contributed by atoms with van der Waals surface area (Å²) in [6, 6.07) is 19.2. The molecule has 2 fully saturated rings. The summed E-state index contributed by atoms with van der Waals surface area (Å²) in [7, 11) is 0. The minimum absolute atomic E-state index is 0.133. The van der Waals surface area contributed by atoms with Crippen LogP contribution in [-0.4, -0.2) is 43.0 Å². The summed E-state index contributed by atoms with van der Waals surface area (Å²) in [5.74, 6) is 0.764. The van der Waals surface area contributed by atoms with E-state index in [4.69, 9.17) is 11.6 Å². The Morgan fingerprint density at radius 1 is 0.968 bits per heavy atom. The second-order valence-electron chi connectivity index (χ2n) is 8.96. The molecule has 0 unspecified atom stereocenters. The normalized spacial score (nSPS) is 20.5. The van der Waals surface area contributed by atoms with Gasteiger partial charge in [-0.1, -0.05) is 48.0 Å². The second-order valence-corrected chi connectivity index (χ2v) is 9.37. The molecule has 2 aromatic carbocycles. The predicted molar refractivity (Wildman–Crippen MR) is 129 cm³/mol. The fourth-order valence-electron chi connectivity index (χ4n) is 5.05. The Balaban J connectivity index is 1.18. The molecular weight excluding hydrogens is 406 g/mol. The average molecular weight is 440 g/mol. The van der Waals surface area contributed by atoms with Gasteiger partial charge in [0.15, 0.2) is 0 Å². The van der Waals surface area contributed by atoms with Gasteiger partial charge in [-0.25, -0.2) is 0 Å². The van der Waals surface area contributed by atoms with Gasteiger partial charge in [0.05, 0.1) is 0 Å². The number of halogens is 1. The smallest absolute Gasteiger partial charge is 0.220 e. The van der Waals surface area contributed by atoms with Crippen LogP contribution in [0, 0.1) is 5.92 Å². The minimum atomic E-state index is 0.133. The van der Waals surface area contributed by atoms with Crippen LogP contribution in [0.25, 0.3) is 0 Å². The lowest BCUT2D eigenvalue weighted by Crippen LogP contribution is -2.48. The third kappa shape index (κ3) is 6.24. The van der Waals surface area contributed by atoms with E-state index in [0.29, 0.717) is 29.9 Å². The summed E-state index contributed by atoms with van der Waals surface area (Å²) in [5.41, 5.74) is 2.32. The van der Waals surface area contributed by atoms with Crippen LogP contribution in [0.2, 0.25) is 5.02 Å². The first kappa shape index (κ1) is 22.2. The van der Waals surface area contributed by atoms with E-state index in [1.54, 1.807) is 0 Å². The third-order valence-electron chi connectivity index (χ3n) is 6.87. The Morgan fingerprint density at radius 2 is 1.71 bits per heavy atom. The SMILES string of the molecule is O=C(CC[C@H]1CCCN(C2CCN(c3ccccc3)CC2)C1)NCc1ccccc1Cl. The molecule has 0 bridgehead atoms. The lowest BCUT2D eigenvalue weighted by molar-refractivity contribution is -0.121. The monoisotopic (exact) mass is 439 g/mol. The third-order valence-corrected chi connectivity index (χ3v) is 7.23. The van der Waals surface area contributed by atoms with Crippen LogP contribution >= 0.6 is 11.6 Å². The molecule has 0 aromatic heterocycles. The number of hydrogen-bond acceptors (Lipinski definition) is 3. The Hall–Kier alpha value is -2.04. The van der Waals surface area contributed by atoms with Gasteiger partial charge < -0.3 is 10.2 Å². The lowest BCUT2D eigenvalue weighted by atomic mass is 9.90. The highest BCUT2D eigenvalue weighted by atomic mass is 35.5. The molecule has 4 rings (SSSR count). The van der Waals surface area contributed by atoms with Crippen molar-refractivity contribution in [1.82, 2.24) is 10.2 Å². The number of piperidine rings is 2. The van der Waals surface area contributed by atoms with Gasteiger partial charge in [-0.2, -0.15) is 0 Å². The number of carbonyl (C=O) groups excluding carboxylic acids is 1. The number of likely N-dealkylation sites (tertiary alicyclic amines) is 1. The van der Waals surface area contributed by atoms with Crippen molar-refractivity contribution in [3.05, 3.63) is 65.2 Å². The van der Waals surface area contributed by atoms with Crippen LogP contribution in [0.3, 0.4) is 0 Å². The van der Waals surface area contributed by atoms with E-state index < -0.39 is 0 Å². The number of carbonyl (C=O) groups is 1. The topological polar surface area (TPSA) is 35.6 Å². The number of anilines is 1. The van der Waals surface area contributed by atoms with Crippen LogP contribution < -0.4 is 10.2 Å². The standard InChI is InChI=1S/C26H34ClN3O/c27-25-11-5-4-8-22(25)19-28-26(31)13-12-21-7-6-16-30(20-21)24-14-17-29(18-15-24)23-9-2-1-3-10-23/h1-5,8-11,21,24H,6-7,12-20H2,(H,28,31)/t21-/m1/s1. The number of nitrogens with zero attached hydrogens (tertiary/aromatic N) is 2. The fourth-order valence-corrected chi connectivity index (χ4v) is 5.25. The van der Waals surface area contributed by atoms with Crippen LogP contribution in [-0.2, 0) is 11.3 Å². The zero-order valence-corrected chi connectivity index (χ0v) is 19.1. The van der Waals surface area contributed by atoms with E-state index in [9.17, 15) is 4.79 Å². The quantitative estimate of drug-likeness (QED) is 0.650. The number of benzene rings is 2. The Morgan fingerprint density at radius 3 is 2.48 bits per heavy atom. The maximum Gasteiger partial charge on any atom is 0.220 e. The van der Waals surface area contributed by atoms with Gasteiger partial charge in [0.2, 0.25) is 5.91 Å². The van der Waals surface area contributed by atoms with E-state index >= 15 is 0 Å². The Bertz CT molecular complexity index is 836. The van der Waals surface area contributed by atoms with Crippen LogP contribution in [0.5, 0.6) is 0 Å². The summed E-state index contributed by atoms with van der Waals surface area (Å²) < 4.78 is 0. The van der Waals surface area contributed by atoms with Crippen molar-refractivity contribution in [2.75, 3.05) is 31.1 Å². The fraction of sp³-hybridized carbons (Fsp3) is 0.500. The summed E-state index contributed by atoms with van der Waals surface area (Å²) in [6.07, 6.45) is 6.56. The molecule has 1 atom stereocenters. The van der Waals surface area contributed by atoms with E-state index in [2.05, 4.69) is 45.4 Å². The van der Waals surface area contributed by atoms with E-state index in [-0.39, 0.29) is 5.91 Å². The van der Waals surface area contributed by atoms with Crippen molar-refractivity contribution in [2.24, 2.45) is 5.92 Å². The average Bonchev–Trinajstić information content (AvgIpc) is 2.83. The Kier molecular flexibility index (Phi) is 7.87. The minimum Gasteiger partial charge on any atom is -0.371 e. The molecule has 166 valence electrons. The van der Waals surface area contributed by atoms with Crippen molar-refractivity contribution >= 4 is 23.2 Å². The van der Waals surface area contributed by atoms with Crippen LogP contribution in [0.1, 0.15) is 44.1 Å². The molecule has 2 heterocycles. The molecule has 0 saturated carbocycles. The van der Waals surface area contributed by atoms with Gasteiger partial charge in [-0.3, -0.25) is 9.69 Å². The van der Waals surface area contributed by atoms with E-state index in [0.717, 1.165) is 31.6 Å². The molecule has 2 aliphatic heterocycles. The second kappa shape index (κ2) is 11.0. The summed E-state index contributed by atoms with van der Waals surface area (Å²) in [4.78, 5) is 17.6. The highest BCUT2D eigenvalue weighted by Gasteiger charge is 2.29. The molecule has 31 heavy (non-hydrogen) atoms. The van der Waals surface area contributed by atoms with Crippen molar-refractivity contribution in [1.29, 1.82) is 0 Å². The molecule has 1 N–H and O–H groups in total. The lowest BCUT2D eigenvalue weighted by Gasteiger charge is -2.43. The first-order chi connectivity index (χ1) is 15.2. The van der Waals surface area contributed by atoms with Crippen molar-refractivity contribution < 1.29 is 4.79 Å². The summed E-state index contributed by atoms with van der Waals surface area (Å²) in [5, 5.41) is 3.74. The number of hydrogen-bond donors (Lipinski definition) is 1.